The Hall–Kier alpha value is -1.35. The first kappa shape index (κ1) is 14.7. The Morgan fingerprint density at radius 1 is 1.33 bits per heavy atom. The summed E-state index contributed by atoms with van der Waals surface area (Å²) in [6, 6.07) is 6.08. The Labute approximate surface area is 109 Å². The van der Waals surface area contributed by atoms with Crippen molar-refractivity contribution in [1.82, 2.24) is 0 Å². The van der Waals surface area contributed by atoms with Crippen molar-refractivity contribution in [2.75, 3.05) is 6.61 Å². The van der Waals surface area contributed by atoms with Crippen LogP contribution in [0.3, 0.4) is 0 Å². The zero-order valence-corrected chi connectivity index (χ0v) is 11.6. The first-order chi connectivity index (χ1) is 8.40. The van der Waals surface area contributed by atoms with Gasteiger partial charge in [-0.05, 0) is 30.9 Å². The fourth-order valence-electron chi connectivity index (χ4n) is 1.75. The van der Waals surface area contributed by atoms with Gasteiger partial charge in [-0.15, -0.1) is 0 Å². The summed E-state index contributed by atoms with van der Waals surface area (Å²) in [4.78, 5) is 11.2. The molecule has 18 heavy (non-hydrogen) atoms. The van der Waals surface area contributed by atoms with Crippen molar-refractivity contribution in [2.24, 2.45) is 5.92 Å². The molecule has 0 heterocycles. The number of benzene rings is 1. The van der Waals surface area contributed by atoms with Gasteiger partial charge in [-0.2, -0.15) is 0 Å². The Kier molecular flexibility index (Phi) is 5.35. The molecule has 0 spiro atoms. The molecule has 0 saturated heterocycles. The number of aliphatic carboxylic acids is 1. The van der Waals surface area contributed by atoms with Crippen LogP contribution in [-0.4, -0.2) is 23.8 Å². The van der Waals surface area contributed by atoms with Gasteiger partial charge in [0.1, 0.15) is 0 Å². The molecule has 1 rings (SSSR count). The molecule has 0 fully saturated rings. The summed E-state index contributed by atoms with van der Waals surface area (Å²) >= 11 is 0. The molecule has 1 N–H and O–H groups in total. The van der Waals surface area contributed by atoms with Crippen LogP contribution >= 0.6 is 0 Å². The van der Waals surface area contributed by atoms with Gasteiger partial charge in [0.05, 0.1) is 6.61 Å². The highest BCUT2D eigenvalue weighted by Crippen LogP contribution is 2.15. The Balaban J connectivity index is 2.76. The number of aryl methyl sites for hydroxylation is 2. The molecule has 1 unspecified atom stereocenters. The predicted molar refractivity (Wildman–Crippen MR) is 71.8 cm³/mol. The third-order valence-electron chi connectivity index (χ3n) is 2.82. The molecule has 100 valence electrons. The highest BCUT2D eigenvalue weighted by atomic mass is 16.5. The SMILES string of the molecule is Cc1ccc(C)c(CC(OCC(C)C)C(=O)O)c1. The summed E-state index contributed by atoms with van der Waals surface area (Å²) in [5, 5.41) is 9.18. The second-order valence-corrected chi connectivity index (χ2v) is 5.19. The molecule has 1 aromatic carbocycles. The Morgan fingerprint density at radius 3 is 2.56 bits per heavy atom. The van der Waals surface area contributed by atoms with Gasteiger partial charge in [-0.3, -0.25) is 0 Å². The van der Waals surface area contributed by atoms with Gasteiger partial charge in [0.15, 0.2) is 6.10 Å². The zero-order chi connectivity index (χ0) is 13.7. The number of ether oxygens (including phenoxy) is 1. The highest BCUT2D eigenvalue weighted by molar-refractivity contribution is 5.72. The number of hydrogen-bond acceptors (Lipinski definition) is 2. The molecule has 0 aliphatic carbocycles. The molecular formula is C15H22O3. The van der Waals surface area contributed by atoms with Gasteiger partial charge in [0.25, 0.3) is 0 Å². The maximum absolute atomic E-state index is 11.2. The molecule has 0 amide bonds. The van der Waals surface area contributed by atoms with E-state index in [0.29, 0.717) is 18.9 Å². The third-order valence-corrected chi connectivity index (χ3v) is 2.82. The van der Waals surface area contributed by atoms with Crippen molar-refractivity contribution in [3.05, 3.63) is 34.9 Å². The van der Waals surface area contributed by atoms with Gasteiger partial charge in [0.2, 0.25) is 0 Å². The van der Waals surface area contributed by atoms with E-state index in [1.807, 2.05) is 45.9 Å². The summed E-state index contributed by atoms with van der Waals surface area (Å²) in [6.07, 6.45) is -0.330. The zero-order valence-electron chi connectivity index (χ0n) is 11.6. The van der Waals surface area contributed by atoms with Gasteiger partial charge in [-0.1, -0.05) is 37.6 Å². The number of carbonyl (C=O) groups is 1. The van der Waals surface area contributed by atoms with Crippen molar-refractivity contribution in [1.29, 1.82) is 0 Å². The van der Waals surface area contributed by atoms with Crippen molar-refractivity contribution in [2.45, 2.75) is 40.2 Å². The summed E-state index contributed by atoms with van der Waals surface area (Å²) in [5.74, 6) is -0.554. The summed E-state index contributed by atoms with van der Waals surface area (Å²) in [6.45, 7) is 8.50. The largest absolute Gasteiger partial charge is 0.479 e. The maximum atomic E-state index is 11.2. The summed E-state index contributed by atoms with van der Waals surface area (Å²) in [5.41, 5.74) is 3.30. The van der Waals surface area contributed by atoms with Gasteiger partial charge >= 0.3 is 5.97 Å². The van der Waals surface area contributed by atoms with Crippen LogP contribution in [0, 0.1) is 19.8 Å². The Morgan fingerprint density at radius 2 is 2.00 bits per heavy atom. The minimum absolute atomic E-state index is 0.338. The second kappa shape index (κ2) is 6.55. The molecule has 0 aliphatic heterocycles. The molecule has 3 heteroatoms. The van der Waals surface area contributed by atoms with Crippen LogP contribution in [0.2, 0.25) is 0 Å². The molecule has 0 aliphatic rings. The van der Waals surface area contributed by atoms with Gasteiger partial charge < -0.3 is 9.84 Å². The average molecular weight is 250 g/mol. The number of rotatable bonds is 6. The van der Waals surface area contributed by atoms with Crippen LogP contribution in [0.15, 0.2) is 18.2 Å². The third kappa shape index (κ3) is 4.49. The smallest absolute Gasteiger partial charge is 0.333 e. The second-order valence-electron chi connectivity index (χ2n) is 5.19. The van der Waals surface area contributed by atoms with E-state index in [0.717, 1.165) is 16.7 Å². The standard InChI is InChI=1S/C15H22O3/c1-10(2)9-18-14(15(16)17)8-13-7-11(3)5-6-12(13)4/h5-7,10,14H,8-9H2,1-4H3,(H,16,17). The fourth-order valence-corrected chi connectivity index (χ4v) is 1.75. The lowest BCUT2D eigenvalue weighted by molar-refractivity contribution is -0.150. The quantitative estimate of drug-likeness (QED) is 0.844. The molecule has 0 saturated carbocycles. The lowest BCUT2D eigenvalue weighted by Crippen LogP contribution is -2.28. The van der Waals surface area contributed by atoms with E-state index < -0.39 is 12.1 Å². The molecule has 1 atom stereocenters. The normalized spacial score (nSPS) is 12.7. The van der Waals surface area contributed by atoms with Crippen LogP contribution in [0.5, 0.6) is 0 Å². The molecule has 3 nitrogen and oxygen atoms in total. The molecule has 1 aromatic rings. The van der Waals surface area contributed by atoms with Crippen LogP contribution in [0.1, 0.15) is 30.5 Å². The summed E-state index contributed by atoms with van der Waals surface area (Å²) in [7, 11) is 0. The minimum Gasteiger partial charge on any atom is -0.479 e. The van der Waals surface area contributed by atoms with Crippen molar-refractivity contribution < 1.29 is 14.6 Å². The van der Waals surface area contributed by atoms with Crippen molar-refractivity contribution >= 4 is 5.97 Å². The van der Waals surface area contributed by atoms with E-state index in [9.17, 15) is 9.90 Å². The predicted octanol–water partition coefficient (Wildman–Crippen LogP) is 2.97. The van der Waals surface area contributed by atoms with Crippen LogP contribution in [0.25, 0.3) is 0 Å². The van der Waals surface area contributed by atoms with E-state index in [1.54, 1.807) is 0 Å². The van der Waals surface area contributed by atoms with Gasteiger partial charge in [-0.25, -0.2) is 4.79 Å². The monoisotopic (exact) mass is 250 g/mol. The van der Waals surface area contributed by atoms with E-state index >= 15 is 0 Å². The van der Waals surface area contributed by atoms with E-state index in [2.05, 4.69) is 0 Å². The highest BCUT2D eigenvalue weighted by Gasteiger charge is 2.20. The first-order valence-electron chi connectivity index (χ1n) is 6.30. The maximum Gasteiger partial charge on any atom is 0.333 e. The lowest BCUT2D eigenvalue weighted by Gasteiger charge is -2.16. The molecule has 0 radical (unpaired) electrons. The summed E-state index contributed by atoms with van der Waals surface area (Å²) < 4.78 is 5.46. The van der Waals surface area contributed by atoms with Crippen LogP contribution < -0.4 is 0 Å². The number of carboxylic acids is 1. The molecule has 0 aromatic heterocycles. The van der Waals surface area contributed by atoms with Crippen molar-refractivity contribution in [3.8, 4) is 0 Å². The molecule has 0 bridgehead atoms. The van der Waals surface area contributed by atoms with Crippen LogP contribution in [0.4, 0.5) is 0 Å². The van der Waals surface area contributed by atoms with Crippen LogP contribution in [-0.2, 0) is 16.0 Å². The Bertz CT molecular complexity index is 410. The average Bonchev–Trinajstić information content (AvgIpc) is 2.28. The number of hydrogen-bond donors (Lipinski definition) is 1. The fraction of sp³-hybridized carbons (Fsp3) is 0.533. The number of carboxylic acid groups (broad SMARTS) is 1. The minimum atomic E-state index is -0.892. The van der Waals surface area contributed by atoms with E-state index in [1.165, 1.54) is 0 Å². The first-order valence-corrected chi connectivity index (χ1v) is 6.30. The van der Waals surface area contributed by atoms with E-state index in [4.69, 9.17) is 4.74 Å². The van der Waals surface area contributed by atoms with Crippen molar-refractivity contribution in [3.63, 3.8) is 0 Å². The van der Waals surface area contributed by atoms with Gasteiger partial charge in [0, 0.05) is 6.42 Å². The van der Waals surface area contributed by atoms with E-state index in [-0.39, 0.29) is 0 Å². The lowest BCUT2D eigenvalue weighted by atomic mass is 10.00. The molecular weight excluding hydrogens is 228 g/mol. The topological polar surface area (TPSA) is 46.5 Å².